The first-order valence-electron chi connectivity index (χ1n) is 11.6. The van der Waals surface area contributed by atoms with E-state index >= 15 is 0 Å². The Bertz CT molecular complexity index is 1360. The molecule has 0 aliphatic rings. The third-order valence-electron chi connectivity index (χ3n) is 5.67. The number of Topliss-reactive ketones (excluding diaryl/α,β-unsaturated/α-hetero) is 1. The van der Waals surface area contributed by atoms with Crippen LogP contribution in [0.1, 0.15) is 40.4 Å². The van der Waals surface area contributed by atoms with Crippen LogP contribution in [0.5, 0.6) is 5.75 Å². The Balaban J connectivity index is 1.52. The Morgan fingerprint density at radius 3 is 2.41 bits per heavy atom. The number of hydrogen-bond acceptors (Lipinski definition) is 6. The van der Waals surface area contributed by atoms with Crippen molar-refractivity contribution in [2.45, 2.75) is 43.5 Å². The number of ketones is 1. The molecule has 0 saturated carbocycles. The number of nitrogens with one attached hydrogen (secondary N) is 2. The van der Waals surface area contributed by atoms with Gasteiger partial charge in [0.2, 0.25) is 10.0 Å². The number of amides is 1. The average Bonchev–Trinajstić information content (AvgIpc) is 2.87. The van der Waals surface area contributed by atoms with E-state index in [0.717, 1.165) is 5.56 Å². The second-order valence-electron chi connectivity index (χ2n) is 8.49. The summed E-state index contributed by atoms with van der Waals surface area (Å²) in [6.07, 6.45) is 0.471. The number of benzene rings is 3. The molecule has 0 aliphatic heterocycles. The molecule has 0 aromatic heterocycles. The van der Waals surface area contributed by atoms with Crippen LogP contribution in [0.25, 0.3) is 0 Å². The lowest BCUT2D eigenvalue weighted by Gasteiger charge is -2.16. The van der Waals surface area contributed by atoms with Gasteiger partial charge in [-0.15, -0.1) is 11.8 Å². The summed E-state index contributed by atoms with van der Waals surface area (Å²) in [6, 6.07) is 17.4. The van der Waals surface area contributed by atoms with Gasteiger partial charge in [0.05, 0.1) is 16.7 Å². The predicted octanol–water partition coefficient (Wildman–Crippen LogP) is 4.84. The Morgan fingerprint density at radius 2 is 1.76 bits per heavy atom. The summed E-state index contributed by atoms with van der Waals surface area (Å²) in [4.78, 5) is 25.4. The Morgan fingerprint density at radius 1 is 1.03 bits per heavy atom. The van der Waals surface area contributed by atoms with Gasteiger partial charge in [0.15, 0.2) is 5.78 Å². The van der Waals surface area contributed by atoms with Gasteiger partial charge in [-0.05, 0) is 72.5 Å². The lowest BCUT2D eigenvalue weighted by molar-refractivity contribution is -0.118. The van der Waals surface area contributed by atoms with Gasteiger partial charge >= 0.3 is 0 Å². The standard InChI is InChI=1S/C27H29ClN2O5S2/c1-3-24(26(32)17-36-16-20-5-4-6-22(28)14-20)30-27(33)21-9-7-19(8-10-21)15-29-37(34,35)23-11-12-25(31)18(2)13-23/h4-14,24,29,31H,3,15-17H2,1-2H3,(H,30,33)/t24-/m0/s1. The van der Waals surface area contributed by atoms with Crippen molar-refractivity contribution in [2.75, 3.05) is 5.75 Å². The summed E-state index contributed by atoms with van der Waals surface area (Å²) < 4.78 is 27.6. The zero-order chi connectivity index (χ0) is 27.0. The van der Waals surface area contributed by atoms with Crippen LogP contribution in [-0.4, -0.2) is 37.0 Å². The highest BCUT2D eigenvalue weighted by molar-refractivity contribution is 7.99. The molecule has 3 aromatic rings. The number of phenols is 1. The Hall–Kier alpha value is -2.85. The fourth-order valence-electron chi connectivity index (χ4n) is 3.48. The Labute approximate surface area is 226 Å². The van der Waals surface area contributed by atoms with Crippen molar-refractivity contribution in [1.29, 1.82) is 0 Å². The smallest absolute Gasteiger partial charge is 0.251 e. The molecule has 0 spiro atoms. The fraction of sp³-hybridized carbons (Fsp3) is 0.259. The number of aryl methyl sites for hydroxylation is 1. The highest BCUT2D eigenvalue weighted by Crippen LogP contribution is 2.20. The number of hydrogen-bond donors (Lipinski definition) is 3. The maximum Gasteiger partial charge on any atom is 0.251 e. The molecule has 10 heteroatoms. The lowest BCUT2D eigenvalue weighted by atomic mass is 10.1. The van der Waals surface area contributed by atoms with E-state index in [1.54, 1.807) is 37.3 Å². The van der Waals surface area contributed by atoms with Crippen LogP contribution in [0.4, 0.5) is 0 Å². The molecule has 196 valence electrons. The minimum Gasteiger partial charge on any atom is -0.508 e. The van der Waals surface area contributed by atoms with Crippen molar-refractivity contribution in [3.05, 3.63) is 94.0 Å². The second kappa shape index (κ2) is 13.1. The van der Waals surface area contributed by atoms with Crippen LogP contribution in [0, 0.1) is 6.92 Å². The molecular formula is C27H29ClN2O5S2. The van der Waals surface area contributed by atoms with Gasteiger partial charge in [0, 0.05) is 22.9 Å². The van der Waals surface area contributed by atoms with Crippen LogP contribution in [-0.2, 0) is 27.1 Å². The van der Waals surface area contributed by atoms with Crippen molar-refractivity contribution in [3.63, 3.8) is 0 Å². The van der Waals surface area contributed by atoms with Crippen LogP contribution >= 0.6 is 23.4 Å². The molecule has 3 aromatic carbocycles. The Kier molecular flexibility index (Phi) is 10.2. The summed E-state index contributed by atoms with van der Waals surface area (Å²) in [5.41, 5.74) is 2.53. The molecule has 1 atom stereocenters. The minimum absolute atomic E-state index is 0.0242. The highest BCUT2D eigenvalue weighted by atomic mass is 35.5. The van der Waals surface area contributed by atoms with Gasteiger partial charge in [0.25, 0.3) is 5.91 Å². The number of carbonyl (C=O) groups excluding carboxylic acids is 2. The van der Waals surface area contributed by atoms with E-state index in [2.05, 4.69) is 10.0 Å². The molecule has 0 unspecified atom stereocenters. The SMILES string of the molecule is CC[C@H](NC(=O)c1ccc(CNS(=O)(=O)c2ccc(O)c(C)c2)cc1)C(=O)CSCc1cccc(Cl)c1. The van der Waals surface area contributed by atoms with Crippen LogP contribution in [0.15, 0.2) is 71.6 Å². The van der Waals surface area contributed by atoms with Gasteiger partial charge in [-0.2, -0.15) is 0 Å². The summed E-state index contributed by atoms with van der Waals surface area (Å²) in [7, 11) is -3.77. The second-order valence-corrected chi connectivity index (χ2v) is 11.7. The number of halogens is 1. The van der Waals surface area contributed by atoms with Crippen LogP contribution in [0.3, 0.4) is 0 Å². The molecule has 0 bridgehead atoms. The van der Waals surface area contributed by atoms with Crippen molar-refractivity contribution >= 4 is 45.1 Å². The summed E-state index contributed by atoms with van der Waals surface area (Å²) >= 11 is 7.47. The topological polar surface area (TPSA) is 113 Å². The van der Waals surface area contributed by atoms with E-state index in [0.29, 0.717) is 33.9 Å². The molecule has 7 nitrogen and oxygen atoms in total. The van der Waals surface area contributed by atoms with Gasteiger partial charge < -0.3 is 10.4 Å². The molecule has 3 rings (SSSR count). The number of aromatic hydroxyl groups is 1. The van der Waals surface area contributed by atoms with Crippen LogP contribution < -0.4 is 10.0 Å². The maximum absolute atomic E-state index is 12.7. The molecule has 0 fully saturated rings. The van der Waals surface area contributed by atoms with E-state index in [9.17, 15) is 23.1 Å². The minimum atomic E-state index is -3.77. The average molecular weight is 561 g/mol. The van der Waals surface area contributed by atoms with E-state index in [-0.39, 0.29) is 34.6 Å². The number of phenolic OH excluding ortho intramolecular Hbond substituents is 1. The van der Waals surface area contributed by atoms with Crippen molar-refractivity contribution in [3.8, 4) is 5.75 Å². The third kappa shape index (κ3) is 8.33. The van der Waals surface area contributed by atoms with E-state index < -0.39 is 16.1 Å². The molecular weight excluding hydrogens is 532 g/mol. The fourth-order valence-corrected chi connectivity index (χ4v) is 5.71. The summed E-state index contributed by atoms with van der Waals surface area (Å²) in [5.74, 6) is 0.514. The first-order chi connectivity index (χ1) is 17.6. The van der Waals surface area contributed by atoms with Crippen LogP contribution in [0.2, 0.25) is 5.02 Å². The maximum atomic E-state index is 12.7. The van der Waals surface area contributed by atoms with Crippen molar-refractivity contribution in [2.24, 2.45) is 0 Å². The number of carbonyl (C=O) groups is 2. The van der Waals surface area contributed by atoms with E-state index in [1.165, 1.54) is 30.0 Å². The van der Waals surface area contributed by atoms with Crippen molar-refractivity contribution in [1.82, 2.24) is 10.0 Å². The molecule has 0 saturated heterocycles. The summed E-state index contributed by atoms with van der Waals surface area (Å²) in [5, 5.41) is 13.1. The highest BCUT2D eigenvalue weighted by Gasteiger charge is 2.20. The molecule has 0 aliphatic carbocycles. The zero-order valence-corrected chi connectivity index (χ0v) is 22.9. The largest absolute Gasteiger partial charge is 0.508 e. The number of thioether (sulfide) groups is 1. The quantitative estimate of drug-likeness (QED) is 0.292. The lowest BCUT2D eigenvalue weighted by Crippen LogP contribution is -2.41. The van der Waals surface area contributed by atoms with Gasteiger partial charge in [-0.3, -0.25) is 9.59 Å². The van der Waals surface area contributed by atoms with Gasteiger partial charge in [0.1, 0.15) is 5.75 Å². The predicted molar refractivity (Wildman–Crippen MR) is 147 cm³/mol. The molecule has 0 heterocycles. The third-order valence-corrected chi connectivity index (χ3v) is 8.33. The zero-order valence-electron chi connectivity index (χ0n) is 20.5. The first kappa shape index (κ1) is 28.7. The molecule has 37 heavy (non-hydrogen) atoms. The number of rotatable bonds is 12. The van der Waals surface area contributed by atoms with Gasteiger partial charge in [-0.25, -0.2) is 13.1 Å². The summed E-state index contributed by atoms with van der Waals surface area (Å²) in [6.45, 7) is 3.49. The van der Waals surface area contributed by atoms with Crippen molar-refractivity contribution < 1.29 is 23.1 Å². The number of sulfonamides is 1. The molecule has 0 radical (unpaired) electrons. The first-order valence-corrected chi connectivity index (χ1v) is 14.6. The van der Waals surface area contributed by atoms with Gasteiger partial charge in [-0.1, -0.05) is 42.8 Å². The monoisotopic (exact) mass is 560 g/mol. The van der Waals surface area contributed by atoms with E-state index in [1.807, 2.05) is 25.1 Å². The van der Waals surface area contributed by atoms with E-state index in [4.69, 9.17) is 11.6 Å². The molecule has 3 N–H and O–H groups in total. The normalized spacial score (nSPS) is 12.2. The molecule has 1 amide bonds.